The highest BCUT2D eigenvalue weighted by atomic mass is 79.9. The first-order valence-electron chi connectivity index (χ1n) is 8.03. The van der Waals surface area contributed by atoms with Crippen molar-refractivity contribution >= 4 is 62.7 Å². The van der Waals surface area contributed by atoms with Crippen molar-refractivity contribution in [2.45, 2.75) is 6.42 Å². The highest BCUT2D eigenvalue weighted by Gasteiger charge is 2.34. The Labute approximate surface area is 173 Å². The van der Waals surface area contributed by atoms with Crippen molar-refractivity contribution in [3.05, 3.63) is 62.0 Å². The molecule has 4 amide bonds. The zero-order valence-electron chi connectivity index (χ0n) is 13.9. The fourth-order valence-corrected chi connectivity index (χ4v) is 3.38. The van der Waals surface area contributed by atoms with Gasteiger partial charge < -0.3 is 10.6 Å². The van der Waals surface area contributed by atoms with Crippen molar-refractivity contribution in [1.82, 2.24) is 10.2 Å². The number of imide groups is 1. The molecule has 1 aliphatic heterocycles. The van der Waals surface area contributed by atoms with Gasteiger partial charge in [0, 0.05) is 17.6 Å². The third-order valence-electron chi connectivity index (χ3n) is 3.98. The average molecular weight is 471 g/mol. The molecule has 0 bridgehead atoms. The molecule has 0 aromatic heterocycles. The molecule has 0 fully saturated rings. The Morgan fingerprint density at radius 2 is 1.81 bits per heavy atom. The molecule has 0 unspecified atom stereocenters. The molecule has 0 radical (unpaired) electrons. The Hall–Kier alpha value is -2.09. The predicted molar refractivity (Wildman–Crippen MR) is 108 cm³/mol. The number of amides is 4. The summed E-state index contributed by atoms with van der Waals surface area (Å²) in [6, 6.07) is 9.45. The lowest BCUT2D eigenvalue weighted by Gasteiger charge is -2.14. The first-order chi connectivity index (χ1) is 12.9. The zero-order chi connectivity index (χ0) is 19.6. The van der Waals surface area contributed by atoms with Crippen LogP contribution in [0.2, 0.25) is 10.0 Å². The van der Waals surface area contributed by atoms with E-state index in [1.807, 2.05) is 0 Å². The number of hydrogen-bond donors (Lipinski definition) is 2. The normalized spacial score (nSPS) is 12.9. The van der Waals surface area contributed by atoms with Crippen LogP contribution >= 0.6 is 39.1 Å². The van der Waals surface area contributed by atoms with E-state index >= 15 is 0 Å². The number of carbonyl (C=O) groups is 3. The molecule has 1 heterocycles. The van der Waals surface area contributed by atoms with Crippen molar-refractivity contribution < 1.29 is 14.4 Å². The monoisotopic (exact) mass is 469 g/mol. The zero-order valence-corrected chi connectivity index (χ0v) is 17.0. The van der Waals surface area contributed by atoms with E-state index in [0.29, 0.717) is 28.3 Å². The summed E-state index contributed by atoms with van der Waals surface area (Å²) in [5.41, 5.74) is 1.17. The number of urea groups is 1. The summed E-state index contributed by atoms with van der Waals surface area (Å²) in [5, 5.41) is 5.85. The number of nitrogens with one attached hydrogen (secondary N) is 2. The number of fused-ring (bicyclic) bond motifs is 1. The van der Waals surface area contributed by atoms with E-state index in [1.54, 1.807) is 36.4 Å². The van der Waals surface area contributed by atoms with Gasteiger partial charge in [-0.1, -0.05) is 45.2 Å². The van der Waals surface area contributed by atoms with Gasteiger partial charge in [0.1, 0.15) is 0 Å². The molecule has 140 valence electrons. The Balaban J connectivity index is 1.49. The second-order valence-electron chi connectivity index (χ2n) is 5.79. The molecule has 0 saturated heterocycles. The largest absolute Gasteiger partial charge is 0.338 e. The standard InChI is InChI=1S/C18H14BrCl2N3O3/c19-10-5-6-11-12(9-10)17(26)24(16(11)25)8-2-7-22-18(27)23-14-4-1-3-13(20)15(14)21/h1,3-6,9H,2,7-8H2,(H2,22,23,27). The maximum absolute atomic E-state index is 12.4. The molecule has 2 aromatic carbocycles. The summed E-state index contributed by atoms with van der Waals surface area (Å²) < 4.78 is 0.738. The Morgan fingerprint density at radius 1 is 1.07 bits per heavy atom. The average Bonchev–Trinajstić information content (AvgIpc) is 2.86. The summed E-state index contributed by atoms with van der Waals surface area (Å²) in [7, 11) is 0. The fraction of sp³-hybridized carbons (Fsp3) is 0.167. The highest BCUT2D eigenvalue weighted by molar-refractivity contribution is 9.10. The number of halogens is 3. The van der Waals surface area contributed by atoms with Crippen molar-refractivity contribution in [3.8, 4) is 0 Å². The van der Waals surface area contributed by atoms with Crippen molar-refractivity contribution in [1.29, 1.82) is 0 Å². The maximum atomic E-state index is 12.4. The molecule has 3 rings (SSSR count). The van der Waals surface area contributed by atoms with E-state index in [4.69, 9.17) is 23.2 Å². The van der Waals surface area contributed by atoms with E-state index in [0.717, 1.165) is 4.47 Å². The van der Waals surface area contributed by atoms with Crippen LogP contribution in [0, 0.1) is 0 Å². The molecule has 2 aromatic rings. The molecule has 27 heavy (non-hydrogen) atoms. The van der Waals surface area contributed by atoms with Gasteiger partial charge in [-0.25, -0.2) is 4.79 Å². The quantitative estimate of drug-likeness (QED) is 0.496. The van der Waals surface area contributed by atoms with Gasteiger partial charge in [0.15, 0.2) is 0 Å². The van der Waals surface area contributed by atoms with E-state index in [9.17, 15) is 14.4 Å². The third kappa shape index (κ3) is 4.26. The van der Waals surface area contributed by atoms with Crippen LogP contribution in [-0.2, 0) is 0 Å². The number of carbonyl (C=O) groups excluding carboxylic acids is 3. The molecular weight excluding hydrogens is 457 g/mol. The van der Waals surface area contributed by atoms with Gasteiger partial charge >= 0.3 is 6.03 Å². The number of hydrogen-bond acceptors (Lipinski definition) is 3. The van der Waals surface area contributed by atoms with Crippen LogP contribution in [0.25, 0.3) is 0 Å². The van der Waals surface area contributed by atoms with Crippen LogP contribution in [0.4, 0.5) is 10.5 Å². The van der Waals surface area contributed by atoms with E-state index < -0.39 is 6.03 Å². The van der Waals surface area contributed by atoms with Crippen molar-refractivity contribution in [3.63, 3.8) is 0 Å². The number of nitrogens with zero attached hydrogens (tertiary/aromatic N) is 1. The van der Waals surface area contributed by atoms with E-state index in [1.165, 1.54) is 4.90 Å². The number of anilines is 1. The third-order valence-corrected chi connectivity index (χ3v) is 5.29. The first-order valence-corrected chi connectivity index (χ1v) is 9.58. The van der Waals surface area contributed by atoms with E-state index in [-0.39, 0.29) is 29.9 Å². The summed E-state index contributed by atoms with van der Waals surface area (Å²) in [6.45, 7) is 0.489. The lowest BCUT2D eigenvalue weighted by atomic mass is 10.1. The SMILES string of the molecule is O=C(NCCCN1C(=O)c2ccc(Br)cc2C1=O)Nc1cccc(Cl)c1Cl. The molecule has 6 nitrogen and oxygen atoms in total. The van der Waals surface area contributed by atoms with Crippen LogP contribution < -0.4 is 10.6 Å². The smallest absolute Gasteiger partial charge is 0.319 e. The van der Waals surface area contributed by atoms with Crippen molar-refractivity contribution in [2.24, 2.45) is 0 Å². The molecule has 0 spiro atoms. The van der Waals surface area contributed by atoms with E-state index in [2.05, 4.69) is 26.6 Å². The van der Waals surface area contributed by atoms with Gasteiger partial charge in [-0.3, -0.25) is 14.5 Å². The molecule has 0 saturated carbocycles. The Kier molecular flexibility index (Phi) is 6.04. The summed E-state index contributed by atoms with van der Waals surface area (Å²) in [4.78, 5) is 37.8. The first kappa shape index (κ1) is 19.7. The summed E-state index contributed by atoms with van der Waals surface area (Å²) in [6.07, 6.45) is 0.420. The minimum atomic E-state index is -0.453. The van der Waals surface area contributed by atoms with Crippen LogP contribution in [0.15, 0.2) is 40.9 Å². The summed E-state index contributed by atoms with van der Waals surface area (Å²) in [5.74, 6) is -0.649. The van der Waals surface area contributed by atoms with Gasteiger partial charge in [0.25, 0.3) is 11.8 Å². The topological polar surface area (TPSA) is 78.5 Å². The molecule has 0 aliphatic carbocycles. The molecular formula is C18H14BrCl2N3O3. The van der Waals surface area contributed by atoms with Gasteiger partial charge in [-0.05, 0) is 36.8 Å². The summed E-state index contributed by atoms with van der Waals surface area (Å²) >= 11 is 15.2. The lowest BCUT2D eigenvalue weighted by Crippen LogP contribution is -2.35. The Morgan fingerprint density at radius 3 is 2.59 bits per heavy atom. The van der Waals surface area contributed by atoms with Gasteiger partial charge in [0.2, 0.25) is 0 Å². The Bertz CT molecular complexity index is 936. The molecule has 1 aliphatic rings. The maximum Gasteiger partial charge on any atom is 0.319 e. The number of rotatable bonds is 5. The number of benzene rings is 2. The predicted octanol–water partition coefficient (Wildman–Crippen LogP) is 4.56. The van der Waals surface area contributed by atoms with Crippen LogP contribution in [-0.4, -0.2) is 35.8 Å². The lowest BCUT2D eigenvalue weighted by molar-refractivity contribution is 0.0653. The molecule has 2 N–H and O–H groups in total. The van der Waals surface area contributed by atoms with Crippen molar-refractivity contribution in [2.75, 3.05) is 18.4 Å². The second-order valence-corrected chi connectivity index (χ2v) is 7.49. The van der Waals surface area contributed by atoms with Crippen LogP contribution in [0.3, 0.4) is 0 Å². The second kappa shape index (κ2) is 8.29. The van der Waals surface area contributed by atoms with Crippen LogP contribution in [0.1, 0.15) is 27.1 Å². The highest BCUT2D eigenvalue weighted by Crippen LogP contribution is 2.29. The van der Waals surface area contributed by atoms with Gasteiger partial charge in [0.05, 0.1) is 26.9 Å². The van der Waals surface area contributed by atoms with Gasteiger partial charge in [-0.2, -0.15) is 0 Å². The minimum absolute atomic E-state index is 0.210. The van der Waals surface area contributed by atoms with Crippen LogP contribution in [0.5, 0.6) is 0 Å². The molecule has 9 heteroatoms. The van der Waals surface area contributed by atoms with Gasteiger partial charge in [-0.15, -0.1) is 0 Å². The minimum Gasteiger partial charge on any atom is -0.338 e. The molecule has 0 atom stereocenters. The fourth-order valence-electron chi connectivity index (χ4n) is 2.67.